The van der Waals surface area contributed by atoms with E-state index in [2.05, 4.69) is 0 Å². The minimum atomic E-state index is -1.71. The number of quaternary nitrogens is 1. The predicted octanol–water partition coefficient (Wildman–Crippen LogP) is -1.13. The SMILES string of the molecule is CO[C@H](C)[C@@](O)(C(=O)OC1=CC[NH+]2CC[C@@H](O)[C@H]12)C(C)C. The van der Waals surface area contributed by atoms with Gasteiger partial charge in [0.25, 0.3) is 0 Å². The van der Waals surface area contributed by atoms with Crippen LogP contribution >= 0.6 is 0 Å². The summed E-state index contributed by atoms with van der Waals surface area (Å²) in [4.78, 5) is 13.7. The first-order valence-corrected chi connectivity index (χ1v) is 7.52. The summed E-state index contributed by atoms with van der Waals surface area (Å²) in [5.41, 5.74) is -1.71. The number of esters is 1. The minimum Gasteiger partial charge on any atom is -0.422 e. The largest absolute Gasteiger partial charge is 0.422 e. The first-order chi connectivity index (χ1) is 9.82. The van der Waals surface area contributed by atoms with Crippen LogP contribution in [0.2, 0.25) is 0 Å². The molecule has 0 bridgehead atoms. The highest BCUT2D eigenvalue weighted by Gasteiger charge is 2.50. The molecule has 2 aliphatic rings. The van der Waals surface area contributed by atoms with Crippen molar-refractivity contribution in [1.29, 1.82) is 0 Å². The first-order valence-electron chi connectivity index (χ1n) is 7.52. The molecule has 5 atom stereocenters. The zero-order chi connectivity index (χ0) is 15.8. The maximum Gasteiger partial charge on any atom is 0.346 e. The lowest BCUT2D eigenvalue weighted by atomic mass is 9.85. The maximum atomic E-state index is 12.5. The van der Waals surface area contributed by atoms with Gasteiger partial charge in [-0.25, -0.2) is 4.79 Å². The Labute approximate surface area is 125 Å². The van der Waals surface area contributed by atoms with Crippen LogP contribution < -0.4 is 4.90 Å². The molecule has 0 aromatic rings. The number of carbonyl (C=O) groups excluding carboxylic acids is 1. The summed E-state index contributed by atoms with van der Waals surface area (Å²) in [5, 5.41) is 20.7. The highest BCUT2D eigenvalue weighted by atomic mass is 16.6. The fourth-order valence-corrected chi connectivity index (χ4v) is 3.25. The Morgan fingerprint density at radius 2 is 2.14 bits per heavy atom. The van der Waals surface area contributed by atoms with Gasteiger partial charge in [0.1, 0.15) is 12.6 Å². The van der Waals surface area contributed by atoms with Gasteiger partial charge in [-0.3, -0.25) is 0 Å². The molecule has 6 nitrogen and oxygen atoms in total. The molecule has 0 aromatic carbocycles. The topological polar surface area (TPSA) is 80.4 Å². The zero-order valence-electron chi connectivity index (χ0n) is 13.1. The molecule has 1 fully saturated rings. The van der Waals surface area contributed by atoms with Gasteiger partial charge in [0, 0.05) is 19.6 Å². The number of hydrogen-bond acceptors (Lipinski definition) is 5. The zero-order valence-corrected chi connectivity index (χ0v) is 13.1. The molecule has 1 unspecified atom stereocenters. The maximum absolute atomic E-state index is 12.5. The lowest BCUT2D eigenvalue weighted by Crippen LogP contribution is -3.12. The van der Waals surface area contributed by atoms with Crippen LogP contribution in [0.4, 0.5) is 0 Å². The monoisotopic (exact) mass is 300 g/mol. The molecule has 6 heteroatoms. The molecule has 21 heavy (non-hydrogen) atoms. The second-order valence-electron chi connectivity index (χ2n) is 6.30. The fraction of sp³-hybridized carbons (Fsp3) is 0.800. The third kappa shape index (κ3) is 2.73. The van der Waals surface area contributed by atoms with Crippen LogP contribution in [0.1, 0.15) is 27.2 Å². The van der Waals surface area contributed by atoms with E-state index in [1.807, 2.05) is 6.08 Å². The fourth-order valence-electron chi connectivity index (χ4n) is 3.25. The van der Waals surface area contributed by atoms with Crippen LogP contribution in [-0.4, -0.2) is 60.2 Å². The van der Waals surface area contributed by atoms with Gasteiger partial charge in [0.15, 0.2) is 17.4 Å². The summed E-state index contributed by atoms with van der Waals surface area (Å²) in [6.45, 7) is 6.76. The first kappa shape index (κ1) is 16.4. The molecule has 0 saturated carbocycles. The normalized spacial score (nSPS) is 32.5. The van der Waals surface area contributed by atoms with Gasteiger partial charge in [-0.05, 0) is 12.8 Å². The van der Waals surface area contributed by atoms with Gasteiger partial charge >= 0.3 is 5.97 Å². The molecule has 3 N–H and O–H groups in total. The van der Waals surface area contributed by atoms with Crippen LogP contribution in [0.5, 0.6) is 0 Å². The number of hydrogen-bond donors (Lipinski definition) is 3. The van der Waals surface area contributed by atoms with Gasteiger partial charge in [-0.15, -0.1) is 0 Å². The number of fused-ring (bicyclic) bond motifs is 1. The summed E-state index contributed by atoms with van der Waals surface area (Å²) in [6, 6.07) is -0.191. The molecular formula is C15H26NO5+. The van der Waals surface area contributed by atoms with Crippen molar-refractivity contribution < 1.29 is 29.4 Å². The summed E-state index contributed by atoms with van der Waals surface area (Å²) < 4.78 is 10.6. The molecule has 1 saturated heterocycles. The van der Waals surface area contributed by atoms with Crippen molar-refractivity contribution in [2.45, 2.75) is 51.0 Å². The van der Waals surface area contributed by atoms with E-state index >= 15 is 0 Å². The number of aliphatic hydroxyl groups excluding tert-OH is 1. The third-order valence-electron chi connectivity index (χ3n) is 4.85. The van der Waals surface area contributed by atoms with E-state index in [-0.39, 0.29) is 12.0 Å². The van der Waals surface area contributed by atoms with Crippen LogP contribution in [0.3, 0.4) is 0 Å². The molecule has 2 heterocycles. The van der Waals surface area contributed by atoms with Crippen molar-refractivity contribution in [2.75, 3.05) is 20.2 Å². The van der Waals surface area contributed by atoms with Crippen molar-refractivity contribution in [1.82, 2.24) is 0 Å². The van der Waals surface area contributed by atoms with E-state index in [1.165, 1.54) is 12.0 Å². The Bertz CT molecular complexity index is 436. The molecule has 0 aromatic heterocycles. The lowest BCUT2D eigenvalue weighted by Gasteiger charge is -2.34. The van der Waals surface area contributed by atoms with Crippen LogP contribution in [0, 0.1) is 5.92 Å². The molecular weight excluding hydrogens is 274 g/mol. The number of nitrogens with one attached hydrogen (secondary N) is 1. The number of methoxy groups -OCH3 is 1. The summed E-state index contributed by atoms with van der Waals surface area (Å²) in [6.07, 6.45) is 1.37. The Morgan fingerprint density at radius 3 is 2.71 bits per heavy atom. The van der Waals surface area contributed by atoms with Crippen LogP contribution in [0.15, 0.2) is 11.8 Å². The van der Waals surface area contributed by atoms with Crippen LogP contribution in [0.25, 0.3) is 0 Å². The predicted molar refractivity (Wildman–Crippen MR) is 75.5 cm³/mol. The van der Waals surface area contributed by atoms with Crippen molar-refractivity contribution in [2.24, 2.45) is 5.92 Å². The van der Waals surface area contributed by atoms with Crippen molar-refractivity contribution in [3.8, 4) is 0 Å². The van der Waals surface area contributed by atoms with E-state index in [1.54, 1.807) is 20.8 Å². The minimum absolute atomic E-state index is 0.191. The Kier molecular flexibility index (Phi) is 4.72. The third-order valence-corrected chi connectivity index (χ3v) is 4.85. The van der Waals surface area contributed by atoms with E-state index in [0.717, 1.165) is 13.1 Å². The van der Waals surface area contributed by atoms with E-state index in [9.17, 15) is 15.0 Å². The Balaban J connectivity index is 2.13. The second kappa shape index (κ2) is 6.04. The van der Waals surface area contributed by atoms with Crippen molar-refractivity contribution in [3.63, 3.8) is 0 Å². The average Bonchev–Trinajstić information content (AvgIpc) is 3.01. The van der Waals surface area contributed by atoms with Gasteiger partial charge in [0.05, 0.1) is 12.6 Å². The quantitative estimate of drug-likeness (QED) is 0.560. The molecule has 120 valence electrons. The highest BCUT2D eigenvalue weighted by Crippen LogP contribution is 2.27. The van der Waals surface area contributed by atoms with Crippen LogP contribution in [-0.2, 0) is 14.3 Å². The number of rotatable bonds is 5. The number of carbonyl (C=O) groups is 1. The summed E-state index contributed by atoms with van der Waals surface area (Å²) in [7, 11) is 1.45. The smallest absolute Gasteiger partial charge is 0.346 e. The molecule has 0 spiro atoms. The van der Waals surface area contributed by atoms with Gasteiger partial charge in [0.2, 0.25) is 0 Å². The van der Waals surface area contributed by atoms with Gasteiger partial charge < -0.3 is 24.6 Å². The Hall–Kier alpha value is -0.950. The molecule has 2 aliphatic heterocycles. The average molecular weight is 300 g/mol. The van der Waals surface area contributed by atoms with E-state index in [0.29, 0.717) is 12.2 Å². The van der Waals surface area contributed by atoms with Gasteiger partial charge in [-0.2, -0.15) is 0 Å². The summed E-state index contributed by atoms with van der Waals surface area (Å²) in [5.74, 6) is -0.584. The van der Waals surface area contributed by atoms with Crippen molar-refractivity contribution in [3.05, 3.63) is 11.8 Å². The number of ether oxygens (including phenoxy) is 2. The van der Waals surface area contributed by atoms with Gasteiger partial charge in [-0.1, -0.05) is 13.8 Å². The Morgan fingerprint density at radius 1 is 1.48 bits per heavy atom. The standard InChI is InChI=1S/C15H25NO5/c1-9(2)15(19,10(3)20-4)14(18)21-12-6-8-16-7-5-11(17)13(12)16/h6,9-11,13,17,19H,5,7-8H2,1-4H3/p+1/t10-,11-,13-,15-/m1/s1. The molecule has 2 rings (SSSR count). The van der Waals surface area contributed by atoms with Crippen molar-refractivity contribution >= 4 is 5.97 Å². The lowest BCUT2D eigenvalue weighted by molar-refractivity contribution is -0.898. The molecule has 0 amide bonds. The molecule has 0 radical (unpaired) electrons. The number of aliphatic hydroxyl groups is 2. The van der Waals surface area contributed by atoms with E-state index < -0.39 is 23.8 Å². The molecule has 0 aliphatic carbocycles. The van der Waals surface area contributed by atoms with E-state index in [4.69, 9.17) is 9.47 Å². The second-order valence-corrected chi connectivity index (χ2v) is 6.30. The highest BCUT2D eigenvalue weighted by molar-refractivity contribution is 5.81. The summed E-state index contributed by atoms with van der Waals surface area (Å²) >= 11 is 0.